The number of hydrogen-bond acceptors (Lipinski definition) is 2. The number of hydrogen-bond donors (Lipinski definition) is 0. The van der Waals surface area contributed by atoms with Gasteiger partial charge in [-0.1, -0.05) is 58.2 Å². The molecule has 0 aliphatic carbocycles. The molecule has 0 amide bonds. The van der Waals surface area contributed by atoms with E-state index in [4.69, 9.17) is 0 Å². The zero-order chi connectivity index (χ0) is 17.0. The van der Waals surface area contributed by atoms with Gasteiger partial charge in [-0.25, -0.2) is 0 Å². The summed E-state index contributed by atoms with van der Waals surface area (Å²) in [5, 5.41) is 0. The summed E-state index contributed by atoms with van der Waals surface area (Å²) in [5.74, 6) is 0. The third-order valence-electron chi connectivity index (χ3n) is 5.11. The van der Waals surface area contributed by atoms with E-state index in [1.165, 1.54) is 48.9 Å². The maximum Gasteiger partial charge on any atom is 0.0602 e. The zero-order valence-electron chi connectivity index (χ0n) is 15.4. The lowest BCUT2D eigenvalue weighted by molar-refractivity contribution is 0.548. The minimum atomic E-state index is 0.212. The Morgan fingerprint density at radius 1 is 1.08 bits per heavy atom. The maximum absolute atomic E-state index is 4.50. The van der Waals surface area contributed by atoms with Gasteiger partial charge < -0.3 is 4.90 Å². The van der Waals surface area contributed by atoms with Gasteiger partial charge in [0.15, 0.2) is 0 Å². The topological polar surface area (TPSA) is 16.1 Å². The highest BCUT2D eigenvalue weighted by molar-refractivity contribution is 5.63. The van der Waals surface area contributed by atoms with Crippen molar-refractivity contribution in [2.24, 2.45) is 0 Å². The van der Waals surface area contributed by atoms with Gasteiger partial charge >= 0.3 is 0 Å². The number of pyridine rings is 1. The number of anilines is 1. The first-order chi connectivity index (χ1) is 11.6. The molecule has 128 valence electrons. The van der Waals surface area contributed by atoms with E-state index in [9.17, 15) is 0 Å². The Balaban J connectivity index is 1.75. The highest BCUT2D eigenvalue weighted by Crippen LogP contribution is 2.41. The molecule has 1 aromatic heterocycles. The van der Waals surface area contributed by atoms with E-state index in [1.807, 2.05) is 12.3 Å². The van der Waals surface area contributed by atoms with Crippen LogP contribution in [-0.4, -0.2) is 11.5 Å². The predicted molar refractivity (Wildman–Crippen MR) is 103 cm³/mol. The molecule has 0 N–H and O–H groups in total. The number of benzene rings is 1. The average Bonchev–Trinajstić information content (AvgIpc) is 2.83. The Hall–Kier alpha value is -1.83. The molecule has 0 bridgehead atoms. The summed E-state index contributed by atoms with van der Waals surface area (Å²) in [6.45, 7) is 8.97. The summed E-state index contributed by atoms with van der Waals surface area (Å²) in [7, 11) is 0. The first-order valence-electron chi connectivity index (χ1n) is 9.38. The second-order valence-electron chi connectivity index (χ2n) is 7.72. The highest BCUT2D eigenvalue weighted by Gasteiger charge is 2.35. The van der Waals surface area contributed by atoms with Crippen molar-refractivity contribution in [3.05, 3.63) is 59.4 Å². The molecule has 2 heteroatoms. The van der Waals surface area contributed by atoms with Crippen LogP contribution in [0.3, 0.4) is 0 Å². The van der Waals surface area contributed by atoms with Crippen LogP contribution in [0, 0.1) is 0 Å². The van der Waals surface area contributed by atoms with Gasteiger partial charge in [0.2, 0.25) is 0 Å². The zero-order valence-corrected chi connectivity index (χ0v) is 15.4. The molecular formula is C22H30N2. The van der Waals surface area contributed by atoms with E-state index in [2.05, 4.69) is 61.0 Å². The molecule has 0 fully saturated rings. The Kier molecular flexibility index (Phi) is 5.23. The van der Waals surface area contributed by atoms with E-state index >= 15 is 0 Å². The first-order valence-corrected chi connectivity index (χ1v) is 9.38. The maximum atomic E-state index is 4.50. The van der Waals surface area contributed by atoms with Crippen LogP contribution in [0.4, 0.5) is 5.69 Å². The molecule has 2 heterocycles. The SMILES string of the molecule is CCCCCCc1ccc2c(c1)C(C)(C)CN2Cc1ccccn1. The lowest BCUT2D eigenvalue weighted by Crippen LogP contribution is -2.28. The quantitative estimate of drug-likeness (QED) is 0.625. The van der Waals surface area contributed by atoms with Crippen molar-refractivity contribution in [1.29, 1.82) is 0 Å². The van der Waals surface area contributed by atoms with Crippen molar-refractivity contribution in [3.63, 3.8) is 0 Å². The molecule has 2 aromatic rings. The monoisotopic (exact) mass is 322 g/mol. The van der Waals surface area contributed by atoms with Gasteiger partial charge in [-0.15, -0.1) is 0 Å². The molecule has 0 saturated carbocycles. The smallest absolute Gasteiger partial charge is 0.0602 e. The highest BCUT2D eigenvalue weighted by atomic mass is 15.2. The summed E-state index contributed by atoms with van der Waals surface area (Å²) in [6, 6.07) is 13.3. The molecule has 24 heavy (non-hydrogen) atoms. The molecule has 1 aromatic carbocycles. The van der Waals surface area contributed by atoms with Crippen molar-refractivity contribution in [2.45, 2.75) is 64.8 Å². The first kappa shape index (κ1) is 17.0. The van der Waals surface area contributed by atoms with Crippen molar-refractivity contribution < 1.29 is 0 Å². The van der Waals surface area contributed by atoms with Gasteiger partial charge in [0, 0.05) is 23.8 Å². The fourth-order valence-corrected chi connectivity index (χ4v) is 3.79. The second kappa shape index (κ2) is 7.38. The van der Waals surface area contributed by atoms with Crippen LogP contribution in [0.1, 0.15) is 63.3 Å². The van der Waals surface area contributed by atoms with E-state index in [0.29, 0.717) is 0 Å². The predicted octanol–water partition coefficient (Wildman–Crippen LogP) is 5.50. The van der Waals surface area contributed by atoms with Crippen LogP contribution in [0.5, 0.6) is 0 Å². The minimum absolute atomic E-state index is 0.212. The third kappa shape index (κ3) is 3.80. The van der Waals surface area contributed by atoms with Gasteiger partial charge in [-0.2, -0.15) is 0 Å². The van der Waals surface area contributed by atoms with E-state index < -0.39 is 0 Å². The molecule has 1 aliphatic heterocycles. The minimum Gasteiger partial charge on any atom is -0.365 e. The molecule has 0 atom stereocenters. The number of nitrogens with zero attached hydrogens (tertiary/aromatic N) is 2. The van der Waals surface area contributed by atoms with Gasteiger partial charge in [0.1, 0.15) is 0 Å². The summed E-state index contributed by atoms with van der Waals surface area (Å²) in [6.07, 6.45) is 8.42. The van der Waals surface area contributed by atoms with Crippen LogP contribution < -0.4 is 4.90 Å². The largest absolute Gasteiger partial charge is 0.365 e. The van der Waals surface area contributed by atoms with Crippen molar-refractivity contribution in [1.82, 2.24) is 4.98 Å². The Bertz CT molecular complexity index is 661. The lowest BCUT2D eigenvalue weighted by Gasteiger charge is -2.22. The molecule has 3 rings (SSSR count). The average molecular weight is 322 g/mol. The molecule has 1 aliphatic rings. The van der Waals surface area contributed by atoms with E-state index in [1.54, 1.807) is 0 Å². The number of aryl methyl sites for hydroxylation is 1. The number of fused-ring (bicyclic) bond motifs is 1. The van der Waals surface area contributed by atoms with Gasteiger partial charge in [0.25, 0.3) is 0 Å². The van der Waals surface area contributed by atoms with Crippen LogP contribution in [-0.2, 0) is 18.4 Å². The van der Waals surface area contributed by atoms with Crippen molar-refractivity contribution >= 4 is 5.69 Å². The second-order valence-corrected chi connectivity index (χ2v) is 7.72. The summed E-state index contributed by atoms with van der Waals surface area (Å²) < 4.78 is 0. The fraction of sp³-hybridized carbons (Fsp3) is 0.500. The molecular weight excluding hydrogens is 292 g/mol. The van der Waals surface area contributed by atoms with Crippen LogP contribution >= 0.6 is 0 Å². The number of aromatic nitrogens is 1. The number of rotatable bonds is 7. The Morgan fingerprint density at radius 3 is 2.71 bits per heavy atom. The molecule has 2 nitrogen and oxygen atoms in total. The summed E-state index contributed by atoms with van der Waals surface area (Å²) in [5.41, 5.74) is 5.75. The van der Waals surface area contributed by atoms with E-state index in [-0.39, 0.29) is 5.41 Å². The molecule has 0 unspecified atom stereocenters. The van der Waals surface area contributed by atoms with Crippen LogP contribution in [0.25, 0.3) is 0 Å². The third-order valence-corrected chi connectivity index (χ3v) is 5.11. The van der Waals surface area contributed by atoms with Gasteiger partial charge in [-0.3, -0.25) is 4.98 Å². The molecule has 0 spiro atoms. The van der Waals surface area contributed by atoms with Crippen LogP contribution in [0.2, 0.25) is 0 Å². The summed E-state index contributed by atoms with van der Waals surface area (Å²) >= 11 is 0. The number of unbranched alkanes of at least 4 members (excludes halogenated alkanes) is 3. The Labute approximate surface area is 146 Å². The lowest BCUT2D eigenvalue weighted by atomic mass is 9.85. The molecule has 0 saturated heterocycles. The van der Waals surface area contributed by atoms with Gasteiger partial charge in [-0.05, 0) is 42.2 Å². The standard InChI is InChI=1S/C22H30N2/c1-4-5-6-7-10-18-12-13-21-20(15-18)22(2,3)17-24(21)16-19-11-8-9-14-23-19/h8-9,11-15H,4-7,10,16-17H2,1-3H3. The van der Waals surface area contributed by atoms with Crippen LogP contribution in [0.15, 0.2) is 42.6 Å². The fourth-order valence-electron chi connectivity index (χ4n) is 3.79. The Morgan fingerprint density at radius 2 is 1.96 bits per heavy atom. The van der Waals surface area contributed by atoms with Crippen molar-refractivity contribution in [3.8, 4) is 0 Å². The molecule has 0 radical (unpaired) electrons. The van der Waals surface area contributed by atoms with E-state index in [0.717, 1.165) is 18.8 Å². The summed E-state index contributed by atoms with van der Waals surface area (Å²) in [4.78, 5) is 6.98. The van der Waals surface area contributed by atoms with Crippen molar-refractivity contribution in [2.75, 3.05) is 11.4 Å². The normalized spacial score (nSPS) is 15.5. The van der Waals surface area contributed by atoms with Gasteiger partial charge in [0.05, 0.1) is 12.2 Å².